The van der Waals surface area contributed by atoms with Crippen molar-refractivity contribution in [2.75, 3.05) is 6.61 Å². The Morgan fingerprint density at radius 3 is 2.50 bits per heavy atom. The van der Waals surface area contributed by atoms with Crippen LogP contribution in [0, 0.1) is 0 Å². The van der Waals surface area contributed by atoms with Crippen LogP contribution in [0.1, 0.15) is 0 Å². The number of urea groups is 1. The van der Waals surface area contributed by atoms with Crippen molar-refractivity contribution in [2.45, 2.75) is 4.90 Å². The van der Waals surface area contributed by atoms with E-state index in [2.05, 4.69) is 15.9 Å². The summed E-state index contributed by atoms with van der Waals surface area (Å²) in [7, 11) is 1.11. The number of nitrogens with two attached hydrogens (primary N) is 1. The fraction of sp³-hybridized carbons (Fsp3) is 0.111. The fourth-order valence-electron chi connectivity index (χ4n) is 1.17. The zero-order valence-electron chi connectivity index (χ0n) is 9.52. The number of amides is 3. The molecule has 3 amide bonds. The average molecular weight is 406 g/mol. The molecule has 0 spiro atoms. The van der Waals surface area contributed by atoms with Gasteiger partial charge in [-0.15, -0.1) is 0 Å². The molecule has 1 rings (SSSR count). The summed E-state index contributed by atoms with van der Waals surface area (Å²) in [6.45, 7) is -0.663. The van der Waals surface area contributed by atoms with Crippen molar-refractivity contribution in [3.05, 3.63) is 21.6 Å². The number of nitrogens with one attached hydrogen (secondary N) is 1. The van der Waals surface area contributed by atoms with Gasteiger partial charge in [0.2, 0.25) is 0 Å². The van der Waals surface area contributed by atoms with Gasteiger partial charge in [0, 0.05) is 15.2 Å². The lowest BCUT2D eigenvalue weighted by atomic mass is 10.3. The van der Waals surface area contributed by atoms with Gasteiger partial charge in [0.05, 0.1) is 5.02 Å². The Kier molecular flexibility index (Phi) is 5.63. The molecule has 1 aromatic rings. The molecule has 0 aliphatic carbocycles. The largest absolute Gasteiger partial charge is 0.481 e. The van der Waals surface area contributed by atoms with E-state index in [1.807, 2.05) is 0 Å². The van der Waals surface area contributed by atoms with E-state index in [-0.39, 0.29) is 10.8 Å². The van der Waals surface area contributed by atoms with Gasteiger partial charge in [-0.3, -0.25) is 10.1 Å². The smallest absolute Gasteiger partial charge is 0.318 e. The van der Waals surface area contributed by atoms with Crippen LogP contribution in [0.25, 0.3) is 0 Å². The number of hydrogen-bond donors (Lipinski definition) is 2. The first-order valence-electron chi connectivity index (χ1n) is 4.77. The lowest BCUT2D eigenvalue weighted by Crippen LogP contribution is -2.38. The van der Waals surface area contributed by atoms with E-state index in [0.29, 0.717) is 4.47 Å². The van der Waals surface area contributed by atoms with E-state index < -0.39 is 32.5 Å². The Balaban J connectivity index is 3.06. The Morgan fingerprint density at radius 2 is 2.00 bits per heavy atom. The molecule has 110 valence electrons. The number of primary amides is 1. The van der Waals surface area contributed by atoms with Crippen molar-refractivity contribution in [3.63, 3.8) is 0 Å². The molecule has 0 saturated heterocycles. The molecule has 0 radical (unpaired) electrons. The molecule has 20 heavy (non-hydrogen) atoms. The number of ether oxygens (including phenoxy) is 1. The van der Waals surface area contributed by atoms with Crippen LogP contribution in [0.3, 0.4) is 0 Å². The maximum Gasteiger partial charge on any atom is 0.318 e. The fourth-order valence-corrected chi connectivity index (χ4v) is 3.24. The standard InChI is InChI=1S/C9H7BrCl2N2O5S/c10-4-1-5(11)8(6(2-4)20(12,17)18)19-3-7(15)14-9(13)16/h1-2H,3H2,(H3,13,14,15,16). The van der Waals surface area contributed by atoms with Gasteiger partial charge in [0.25, 0.3) is 15.0 Å². The van der Waals surface area contributed by atoms with Crippen molar-refractivity contribution >= 4 is 59.2 Å². The lowest BCUT2D eigenvalue weighted by molar-refractivity contribution is -0.121. The Bertz CT molecular complexity index is 665. The van der Waals surface area contributed by atoms with Crippen LogP contribution in [0.5, 0.6) is 5.75 Å². The van der Waals surface area contributed by atoms with Crippen LogP contribution in [0.15, 0.2) is 21.5 Å². The van der Waals surface area contributed by atoms with Crippen molar-refractivity contribution in [3.8, 4) is 5.75 Å². The quantitative estimate of drug-likeness (QED) is 0.738. The molecule has 0 aromatic heterocycles. The lowest BCUT2D eigenvalue weighted by Gasteiger charge is -2.11. The maximum absolute atomic E-state index is 11.4. The Morgan fingerprint density at radius 1 is 1.40 bits per heavy atom. The number of benzene rings is 1. The van der Waals surface area contributed by atoms with Crippen molar-refractivity contribution < 1.29 is 22.7 Å². The van der Waals surface area contributed by atoms with Crippen molar-refractivity contribution in [1.82, 2.24) is 5.32 Å². The molecule has 0 saturated carbocycles. The minimum atomic E-state index is -4.14. The van der Waals surface area contributed by atoms with Crippen molar-refractivity contribution in [2.24, 2.45) is 5.73 Å². The second-order valence-electron chi connectivity index (χ2n) is 3.35. The minimum absolute atomic E-state index is 0.0783. The van der Waals surface area contributed by atoms with Gasteiger partial charge >= 0.3 is 6.03 Å². The summed E-state index contributed by atoms with van der Waals surface area (Å²) >= 11 is 8.88. The molecule has 11 heteroatoms. The van der Waals surface area contributed by atoms with Gasteiger partial charge in [0.15, 0.2) is 12.4 Å². The predicted molar refractivity (Wildman–Crippen MR) is 75.4 cm³/mol. The summed E-state index contributed by atoms with van der Waals surface area (Å²) in [5.74, 6) is -1.17. The summed E-state index contributed by atoms with van der Waals surface area (Å²) in [4.78, 5) is 21.2. The molecule has 3 N–H and O–H groups in total. The zero-order valence-corrected chi connectivity index (χ0v) is 13.4. The monoisotopic (exact) mass is 404 g/mol. The number of imide groups is 1. The molecule has 1 aromatic carbocycles. The van der Waals surface area contributed by atoms with Crippen LogP contribution in [-0.2, 0) is 13.8 Å². The van der Waals surface area contributed by atoms with Gasteiger partial charge < -0.3 is 10.5 Å². The normalized spacial score (nSPS) is 10.9. The first-order chi connectivity index (χ1) is 9.11. The zero-order chi connectivity index (χ0) is 15.5. The predicted octanol–water partition coefficient (Wildman–Crippen LogP) is 1.60. The third kappa shape index (κ3) is 4.82. The topological polar surface area (TPSA) is 116 Å². The summed E-state index contributed by atoms with van der Waals surface area (Å²) in [6.07, 6.45) is 0. The highest BCUT2D eigenvalue weighted by Gasteiger charge is 2.22. The number of rotatable bonds is 4. The second kappa shape index (κ2) is 6.61. The molecule has 0 fully saturated rings. The van der Waals surface area contributed by atoms with E-state index in [4.69, 9.17) is 32.8 Å². The SMILES string of the molecule is NC(=O)NC(=O)COc1c(Cl)cc(Br)cc1S(=O)(=O)Cl. The van der Waals surface area contributed by atoms with E-state index in [0.717, 1.165) is 6.07 Å². The van der Waals surface area contributed by atoms with Crippen LogP contribution in [-0.4, -0.2) is 27.0 Å². The number of carbonyl (C=O) groups excluding carboxylic acids is 2. The molecule has 0 unspecified atom stereocenters. The second-order valence-corrected chi connectivity index (χ2v) is 7.21. The number of halogens is 3. The highest BCUT2D eigenvalue weighted by Crippen LogP contribution is 2.37. The minimum Gasteiger partial charge on any atom is -0.481 e. The van der Waals surface area contributed by atoms with E-state index in [1.54, 1.807) is 5.32 Å². The first-order valence-corrected chi connectivity index (χ1v) is 8.25. The summed E-state index contributed by atoms with van der Waals surface area (Å²) in [5.41, 5.74) is 4.74. The molecule has 0 aliphatic heterocycles. The van der Waals surface area contributed by atoms with Gasteiger partial charge in [-0.1, -0.05) is 27.5 Å². The summed E-state index contributed by atoms with van der Waals surface area (Å²) in [6, 6.07) is 1.45. The number of hydrogen-bond acceptors (Lipinski definition) is 5. The van der Waals surface area contributed by atoms with E-state index in [9.17, 15) is 18.0 Å². The molecule has 7 nitrogen and oxygen atoms in total. The van der Waals surface area contributed by atoms with Gasteiger partial charge in [0.1, 0.15) is 4.90 Å². The first kappa shape index (κ1) is 17.0. The Labute approximate surface area is 131 Å². The van der Waals surface area contributed by atoms with Crippen LogP contribution < -0.4 is 15.8 Å². The molecular weight excluding hydrogens is 399 g/mol. The highest BCUT2D eigenvalue weighted by molar-refractivity contribution is 9.10. The summed E-state index contributed by atoms with van der Waals surface area (Å²) < 4.78 is 28.2. The van der Waals surface area contributed by atoms with Crippen molar-refractivity contribution in [1.29, 1.82) is 0 Å². The van der Waals surface area contributed by atoms with Gasteiger partial charge in [-0.25, -0.2) is 13.2 Å². The molecule has 0 atom stereocenters. The van der Waals surface area contributed by atoms with E-state index >= 15 is 0 Å². The molecular formula is C9H7BrCl2N2O5S. The molecule has 0 bridgehead atoms. The van der Waals surface area contributed by atoms with Crippen LogP contribution in [0.2, 0.25) is 5.02 Å². The Hall–Kier alpha value is -1.03. The molecule has 0 aliphatic rings. The third-order valence-corrected chi connectivity index (χ3v) is 3.91. The summed E-state index contributed by atoms with van der Waals surface area (Å²) in [5, 5.41) is 1.66. The van der Waals surface area contributed by atoms with Gasteiger partial charge in [-0.05, 0) is 12.1 Å². The number of carbonyl (C=O) groups is 2. The highest BCUT2D eigenvalue weighted by atomic mass is 79.9. The molecule has 0 heterocycles. The average Bonchev–Trinajstić information content (AvgIpc) is 2.24. The maximum atomic E-state index is 11.4. The third-order valence-electron chi connectivity index (χ3n) is 1.85. The van der Waals surface area contributed by atoms with Crippen LogP contribution in [0.4, 0.5) is 4.79 Å². The van der Waals surface area contributed by atoms with Gasteiger partial charge in [-0.2, -0.15) is 0 Å². The van der Waals surface area contributed by atoms with Crippen LogP contribution >= 0.6 is 38.2 Å². The van der Waals surface area contributed by atoms with E-state index in [1.165, 1.54) is 6.07 Å².